The highest BCUT2D eigenvalue weighted by Crippen LogP contribution is 2.28. The van der Waals surface area contributed by atoms with Gasteiger partial charge in [-0.2, -0.15) is 0 Å². The van der Waals surface area contributed by atoms with Crippen LogP contribution in [0, 0.1) is 5.41 Å². The molecule has 0 aliphatic carbocycles. The van der Waals surface area contributed by atoms with Gasteiger partial charge in [0.2, 0.25) is 5.91 Å². The molecule has 1 fully saturated rings. The predicted molar refractivity (Wildman–Crippen MR) is 95.5 cm³/mol. The van der Waals surface area contributed by atoms with Gasteiger partial charge in [0.05, 0.1) is 11.0 Å². The highest BCUT2D eigenvalue weighted by molar-refractivity contribution is 5.97. The zero-order valence-electron chi connectivity index (χ0n) is 14.7. The molecule has 1 spiro atoms. The second-order valence-corrected chi connectivity index (χ2v) is 6.89. The molecule has 2 heterocycles. The number of carbonyl (C=O) groups excluding carboxylic acids is 2. The third kappa shape index (κ3) is 3.69. The van der Waals surface area contributed by atoms with Crippen molar-refractivity contribution in [2.45, 2.75) is 32.4 Å². The summed E-state index contributed by atoms with van der Waals surface area (Å²) in [6.07, 6.45) is 4.56. The topological polar surface area (TPSA) is 79.5 Å². The Labute approximate surface area is 148 Å². The Kier molecular flexibility index (Phi) is 5.08. The lowest BCUT2D eigenvalue weighted by atomic mass is 9.77. The van der Waals surface area contributed by atoms with Crippen molar-refractivity contribution in [2.75, 3.05) is 19.7 Å². The second kappa shape index (κ2) is 7.27. The van der Waals surface area contributed by atoms with Crippen LogP contribution in [0.2, 0.25) is 0 Å². The largest absolute Gasteiger partial charge is 0.489 e. The molecule has 0 unspecified atom stereocenters. The lowest BCUT2D eigenvalue weighted by Gasteiger charge is -2.41. The van der Waals surface area contributed by atoms with E-state index in [1.807, 2.05) is 38.1 Å². The van der Waals surface area contributed by atoms with Crippen LogP contribution in [0.5, 0.6) is 5.75 Å². The van der Waals surface area contributed by atoms with E-state index >= 15 is 0 Å². The molecule has 6 nitrogen and oxygen atoms in total. The monoisotopic (exact) mass is 343 g/mol. The Bertz CT molecular complexity index is 682. The van der Waals surface area contributed by atoms with Gasteiger partial charge in [-0.05, 0) is 32.4 Å². The summed E-state index contributed by atoms with van der Waals surface area (Å²) in [6.45, 7) is 5.50. The van der Waals surface area contributed by atoms with E-state index in [-0.39, 0.29) is 23.9 Å². The summed E-state index contributed by atoms with van der Waals surface area (Å²) >= 11 is 0. The van der Waals surface area contributed by atoms with Crippen LogP contribution in [-0.2, 0) is 4.79 Å². The average Bonchev–Trinajstić information content (AvgIpc) is 2.55. The van der Waals surface area contributed by atoms with Gasteiger partial charge >= 0.3 is 0 Å². The zero-order chi connectivity index (χ0) is 17.9. The molecule has 134 valence electrons. The fourth-order valence-corrected chi connectivity index (χ4v) is 3.01. The zero-order valence-corrected chi connectivity index (χ0v) is 14.7. The summed E-state index contributed by atoms with van der Waals surface area (Å²) in [5, 5.41) is 9.21. The number of nitrogens with one attached hydrogen (secondary N) is 3. The minimum absolute atomic E-state index is 0.0304. The fourth-order valence-electron chi connectivity index (χ4n) is 3.01. The molecule has 2 aliphatic heterocycles. The molecule has 25 heavy (non-hydrogen) atoms. The first-order valence-corrected chi connectivity index (χ1v) is 8.71. The van der Waals surface area contributed by atoms with Crippen LogP contribution in [0.15, 0.2) is 36.4 Å². The number of ether oxygens (including phenoxy) is 1. The van der Waals surface area contributed by atoms with Crippen LogP contribution in [-0.4, -0.2) is 43.6 Å². The number of hydrogen-bond acceptors (Lipinski definition) is 4. The highest BCUT2D eigenvalue weighted by Gasteiger charge is 2.43. The minimum atomic E-state index is -0.406. The molecule has 0 radical (unpaired) electrons. The predicted octanol–water partition coefficient (Wildman–Crippen LogP) is 1.24. The maximum atomic E-state index is 12.7. The smallest absolute Gasteiger partial charge is 0.255 e. The molecule has 2 aliphatic rings. The fraction of sp³-hybridized carbons (Fsp3) is 0.474. The Morgan fingerprint density at radius 1 is 1.04 bits per heavy atom. The third-order valence-electron chi connectivity index (χ3n) is 5.02. The van der Waals surface area contributed by atoms with Crippen LogP contribution in [0.3, 0.4) is 0 Å². The van der Waals surface area contributed by atoms with Crippen molar-refractivity contribution in [3.05, 3.63) is 42.0 Å². The van der Waals surface area contributed by atoms with Crippen molar-refractivity contribution >= 4 is 11.8 Å². The van der Waals surface area contributed by atoms with Gasteiger partial charge in [0, 0.05) is 25.2 Å². The molecule has 3 N–H and O–H groups in total. The van der Waals surface area contributed by atoms with Gasteiger partial charge in [-0.3, -0.25) is 9.59 Å². The Hall–Kier alpha value is -2.34. The Balaban J connectivity index is 1.85. The van der Waals surface area contributed by atoms with E-state index in [1.165, 1.54) is 0 Å². The van der Waals surface area contributed by atoms with Crippen molar-refractivity contribution in [1.29, 1.82) is 0 Å². The van der Waals surface area contributed by atoms with Crippen molar-refractivity contribution in [3.8, 4) is 5.75 Å². The summed E-state index contributed by atoms with van der Waals surface area (Å²) < 4.78 is 5.75. The number of carbonyl (C=O) groups is 2. The maximum Gasteiger partial charge on any atom is 0.255 e. The van der Waals surface area contributed by atoms with Gasteiger partial charge in [-0.1, -0.05) is 24.3 Å². The molecular weight excluding hydrogens is 318 g/mol. The molecule has 3 rings (SSSR count). The van der Waals surface area contributed by atoms with Crippen LogP contribution >= 0.6 is 0 Å². The van der Waals surface area contributed by atoms with E-state index in [2.05, 4.69) is 16.0 Å². The molecule has 2 atom stereocenters. The van der Waals surface area contributed by atoms with Gasteiger partial charge in [0.1, 0.15) is 12.4 Å². The Morgan fingerprint density at radius 3 is 2.48 bits per heavy atom. The number of para-hydroxylation sites is 1. The van der Waals surface area contributed by atoms with Crippen LogP contribution in [0.1, 0.15) is 30.6 Å². The number of hydrogen-bond donors (Lipinski definition) is 3. The van der Waals surface area contributed by atoms with E-state index in [9.17, 15) is 9.59 Å². The van der Waals surface area contributed by atoms with Crippen molar-refractivity contribution in [2.24, 2.45) is 5.41 Å². The lowest BCUT2D eigenvalue weighted by Crippen LogP contribution is -2.63. The number of rotatable bonds is 0. The highest BCUT2D eigenvalue weighted by atomic mass is 16.5. The number of benzene rings is 1. The van der Waals surface area contributed by atoms with Crippen molar-refractivity contribution in [1.82, 2.24) is 16.0 Å². The normalized spacial score (nSPS) is 27.8. The molecule has 0 bridgehead atoms. The second-order valence-electron chi connectivity index (χ2n) is 6.89. The first-order chi connectivity index (χ1) is 12.0. The Morgan fingerprint density at radius 2 is 1.76 bits per heavy atom. The molecule has 6 heteroatoms. The van der Waals surface area contributed by atoms with E-state index in [1.54, 1.807) is 12.1 Å². The van der Waals surface area contributed by atoms with Gasteiger partial charge < -0.3 is 20.7 Å². The number of allylic oxidation sites excluding steroid dienone is 1. The summed E-state index contributed by atoms with van der Waals surface area (Å²) in [6, 6.07) is 6.82. The SMILES string of the molecule is C[C@H]1NC(=O)c2ccccc2OC/C=C/CC2(CNC2)C(=O)N[C@@H]1C. The van der Waals surface area contributed by atoms with Crippen LogP contribution < -0.4 is 20.7 Å². The van der Waals surface area contributed by atoms with E-state index in [0.717, 1.165) is 0 Å². The molecule has 1 saturated heterocycles. The van der Waals surface area contributed by atoms with E-state index < -0.39 is 5.41 Å². The molecular formula is C19H25N3O3. The average molecular weight is 343 g/mol. The van der Waals surface area contributed by atoms with Gasteiger partial charge in [0.15, 0.2) is 0 Å². The number of amides is 2. The van der Waals surface area contributed by atoms with Gasteiger partial charge in [-0.25, -0.2) is 0 Å². The van der Waals surface area contributed by atoms with E-state index in [0.29, 0.717) is 37.4 Å². The number of fused-ring (bicyclic) bond motifs is 1. The minimum Gasteiger partial charge on any atom is -0.489 e. The third-order valence-corrected chi connectivity index (χ3v) is 5.02. The summed E-state index contributed by atoms with van der Waals surface area (Å²) in [7, 11) is 0. The molecule has 1 aromatic rings. The first kappa shape index (κ1) is 17.5. The molecule has 2 amide bonds. The standard InChI is InChI=1S/C19H25N3O3/c1-13-14(2)22-18(24)19(11-20-12-19)9-5-6-10-25-16-8-4-3-7-15(16)17(23)21-13/h3-8,13-14,20H,9-12H2,1-2H3,(H,21,23)(H,22,24)/b6-5+/t13-,14-/m1/s1. The van der Waals surface area contributed by atoms with E-state index in [4.69, 9.17) is 4.74 Å². The van der Waals surface area contributed by atoms with Crippen LogP contribution in [0.4, 0.5) is 0 Å². The van der Waals surface area contributed by atoms with Crippen molar-refractivity contribution < 1.29 is 14.3 Å². The maximum absolute atomic E-state index is 12.7. The summed E-state index contributed by atoms with van der Waals surface area (Å²) in [5.41, 5.74) is 0.0919. The quantitative estimate of drug-likeness (QED) is 0.619. The first-order valence-electron chi connectivity index (χ1n) is 8.71. The molecule has 1 aromatic carbocycles. The van der Waals surface area contributed by atoms with Crippen molar-refractivity contribution in [3.63, 3.8) is 0 Å². The molecule has 0 saturated carbocycles. The molecule has 0 aromatic heterocycles. The van der Waals surface area contributed by atoms with Gasteiger partial charge in [0.25, 0.3) is 5.91 Å². The summed E-state index contributed by atoms with van der Waals surface area (Å²) in [4.78, 5) is 25.3. The lowest BCUT2D eigenvalue weighted by molar-refractivity contribution is -0.134. The van der Waals surface area contributed by atoms with Crippen LogP contribution in [0.25, 0.3) is 0 Å². The summed E-state index contributed by atoms with van der Waals surface area (Å²) in [5.74, 6) is 0.388. The van der Waals surface area contributed by atoms with Gasteiger partial charge in [-0.15, -0.1) is 0 Å².